The summed E-state index contributed by atoms with van der Waals surface area (Å²) in [6, 6.07) is -1.15. The van der Waals surface area contributed by atoms with E-state index in [9.17, 15) is 34.5 Å². The number of esters is 1. The van der Waals surface area contributed by atoms with E-state index < -0.39 is 77.8 Å². The molecule has 2 saturated heterocycles. The number of cyclic esters (lactones) is 1. The number of allylic oxidation sites excluding steroid dienone is 4. The minimum Gasteiger partial charge on any atom is -0.456 e. The average Bonchev–Trinajstić information content (AvgIpc) is 0.821. The second kappa shape index (κ2) is 66.6. The second-order valence-electron chi connectivity index (χ2n) is 24.3. The van der Waals surface area contributed by atoms with Crippen molar-refractivity contribution in [3.8, 4) is 273 Å². The molecular weight excluding hydrogens is 1550 g/mol. The SMILES string of the molecule is C#CC#CC#CC#CC#CC#CC#CC#CC#CC#CC#CC#CC#CC#CC#CC#CC#CC#CC#CC#CC#CC#CC#C.C=CC[C@@H]1/C=C(\C)C[C@H](C)C[C@H](OC)[C@H]2O[C@@](O)(C(=O)C(=O)N3CCCC[C@H]3C(=O)O[C@H](/C(C)=C/[C@@H]3CC[C@@H](OCCO)[C@H](OC)C3)[C@H](C)[C@@H](O)CC1=O)[C@H](C)C[C@@H]2OC.OOOOOONOOOOOOO.[HH].[HH].[HH].[HH].[HH].[HH].[HH].[HH].[HH].[HH].[HH].[HH].[HH].[HH].[HH].[HH].[HH].[HH].[HH].[HH].[HH].[HH].[HH].[HH].[HH].[HH].[HH].[HH].[HH].[HH].[HH].[HH].[HH].[HH].[HH]. The molecule has 4 aliphatic rings. The van der Waals surface area contributed by atoms with Crippen molar-refractivity contribution >= 4 is 23.4 Å². The zero-order chi connectivity index (χ0) is 87.9. The van der Waals surface area contributed by atoms with Crippen molar-refractivity contribution in [3.63, 3.8) is 0 Å². The number of rotatable bonds is 21. The van der Waals surface area contributed by atoms with E-state index in [0.717, 1.165) is 12.0 Å². The number of carbonyl (C=O) groups is 4. The quantitative estimate of drug-likeness (QED) is 0.0118. The number of nitrogens with zero attached hydrogens (tertiary/aromatic N) is 1. The Balaban J connectivity index is -0.0000000442. The highest BCUT2D eigenvalue weighted by molar-refractivity contribution is 6.39. The zero-order valence-electron chi connectivity index (χ0n) is 66.3. The van der Waals surface area contributed by atoms with Gasteiger partial charge in [-0.25, -0.2) is 15.3 Å². The highest BCUT2D eigenvalue weighted by atomic mass is 17.9. The van der Waals surface area contributed by atoms with Crippen molar-refractivity contribution in [1.29, 1.82) is 0 Å². The van der Waals surface area contributed by atoms with Crippen LogP contribution in [0.2, 0.25) is 0 Å². The molecule has 1 amide bonds. The normalized spacial score (nSPS) is 22.5. The fraction of sp³-hybridized carbons (Fsp3) is 0.391. The van der Waals surface area contributed by atoms with Gasteiger partial charge in [-0.05, 0) is 241 Å². The minimum atomic E-state index is -2.52. The van der Waals surface area contributed by atoms with Crippen molar-refractivity contribution in [2.24, 2.45) is 29.6 Å². The van der Waals surface area contributed by atoms with Crippen LogP contribution in [0.3, 0.4) is 0 Å². The number of ketones is 2. The first kappa shape index (κ1) is 103. The van der Waals surface area contributed by atoms with Crippen LogP contribution in [0.25, 0.3) is 0 Å². The molecule has 3 fully saturated rings. The first-order valence-electron chi connectivity index (χ1n) is 35.6. The van der Waals surface area contributed by atoms with E-state index in [-0.39, 0.29) is 119 Å². The Kier molecular flexibility index (Phi) is 56.9. The Morgan fingerprint density at radius 2 is 0.992 bits per heavy atom. The molecule has 682 valence electrons. The van der Waals surface area contributed by atoms with Gasteiger partial charge in [0.15, 0.2) is 0 Å². The van der Waals surface area contributed by atoms with Crippen LogP contribution in [-0.2, 0) is 103 Å². The van der Waals surface area contributed by atoms with E-state index in [0.29, 0.717) is 50.5 Å². The number of nitrogens with one attached hydrogen (secondary N) is 1. The molecule has 2 bridgehead atoms. The summed E-state index contributed by atoms with van der Waals surface area (Å²) in [6.07, 6.45) is 15.6. The fourth-order valence-electron chi connectivity index (χ4n) is 11.3. The molecule has 1 saturated carbocycles. The number of ether oxygens (including phenoxy) is 6. The molecule has 4 rings (SSSR count). The molecule has 3 aliphatic heterocycles. The van der Waals surface area contributed by atoms with Crippen molar-refractivity contribution in [2.45, 2.75) is 160 Å². The van der Waals surface area contributed by atoms with Crippen LogP contribution < -0.4 is 5.64 Å². The number of Topliss-reactive ketones (excluding diaryl/α,β-unsaturated/α-hetero) is 2. The summed E-state index contributed by atoms with van der Waals surface area (Å²) < 4.78 is 35.9. The number of aliphatic hydroxyl groups is 3. The molecule has 0 aromatic rings. The first-order valence-corrected chi connectivity index (χ1v) is 35.6. The maximum absolute atomic E-state index is 14.4. The monoisotopic (exact) mass is 1700 g/mol. The Hall–Kier alpha value is -13.5. The molecular formula is C92H148N2O26. The summed E-state index contributed by atoms with van der Waals surface area (Å²) in [5, 5.41) is 77.5. The van der Waals surface area contributed by atoms with E-state index in [2.05, 4.69) is 322 Å². The maximum Gasteiger partial charge on any atom is 0.329 e. The predicted molar refractivity (Wildman–Crippen MR) is 499 cm³/mol. The number of terminal acetylenes is 2. The van der Waals surface area contributed by atoms with Gasteiger partial charge in [-0.3, -0.25) is 14.4 Å². The Morgan fingerprint density at radius 3 is 1.40 bits per heavy atom. The molecule has 1 aliphatic carbocycles. The number of hydrogen-bond donors (Lipinski definition) is 6. The maximum atomic E-state index is 14.4. The summed E-state index contributed by atoms with van der Waals surface area (Å²) >= 11 is 0. The number of methoxy groups -OCH3 is 3. The lowest BCUT2D eigenvalue weighted by atomic mass is 9.81. The summed E-state index contributed by atoms with van der Waals surface area (Å²) in [6.45, 7) is 13.3. The van der Waals surface area contributed by atoms with Crippen molar-refractivity contribution in [1.82, 2.24) is 10.5 Å². The molecule has 0 aromatic heterocycles. The van der Waals surface area contributed by atoms with Crippen LogP contribution in [0.1, 0.15) is 155 Å². The summed E-state index contributed by atoms with van der Waals surface area (Å²) in [5.74, 6) is 100. The highest BCUT2D eigenvalue weighted by Crippen LogP contribution is 2.40. The van der Waals surface area contributed by atoms with Crippen molar-refractivity contribution in [2.75, 3.05) is 41.1 Å². The van der Waals surface area contributed by atoms with E-state index in [4.69, 9.17) is 51.8 Å². The number of fused-ring (bicyclic) bond motifs is 3. The molecule has 28 nitrogen and oxygen atoms in total. The molecule has 3 heterocycles. The van der Waals surface area contributed by atoms with Crippen LogP contribution in [0.15, 0.2) is 36.0 Å². The lowest BCUT2D eigenvalue weighted by Crippen LogP contribution is -2.64. The van der Waals surface area contributed by atoms with Gasteiger partial charge in [-0.1, -0.05) is 54.5 Å². The predicted octanol–water partition coefficient (Wildman–Crippen LogP) is 12.4. The minimum absolute atomic E-state index is 0. The van der Waals surface area contributed by atoms with Gasteiger partial charge in [0.25, 0.3) is 11.7 Å². The summed E-state index contributed by atoms with van der Waals surface area (Å²) in [4.78, 5) is 65.4. The average molecular weight is 1700 g/mol. The van der Waals surface area contributed by atoms with E-state index >= 15 is 0 Å². The van der Waals surface area contributed by atoms with Crippen LogP contribution >= 0.6 is 0 Å². The summed E-state index contributed by atoms with van der Waals surface area (Å²) in [7, 11) is 4.67. The van der Waals surface area contributed by atoms with E-state index in [1.807, 2.05) is 32.9 Å². The van der Waals surface area contributed by atoms with Gasteiger partial charge in [-0.15, -0.1) is 19.4 Å². The smallest absolute Gasteiger partial charge is 0.329 e. The zero-order valence-corrected chi connectivity index (χ0v) is 66.3. The third-order valence-corrected chi connectivity index (χ3v) is 16.3. The molecule has 28 heteroatoms. The summed E-state index contributed by atoms with van der Waals surface area (Å²) in [5.41, 5.74) is 2.99. The molecule has 14 atom stereocenters. The molecule has 120 heavy (non-hydrogen) atoms. The van der Waals surface area contributed by atoms with Crippen LogP contribution in [0.5, 0.6) is 0 Å². The number of amides is 1. The third kappa shape index (κ3) is 44.6. The number of carbonyl (C=O) groups excluding carboxylic acids is 4. The number of aliphatic hydroxyl groups excluding tert-OH is 2. The molecule has 0 radical (unpaired) electrons. The van der Waals surface area contributed by atoms with Gasteiger partial charge in [0, 0.05) is 268 Å². The number of piperidine rings is 1. The Morgan fingerprint density at radius 1 is 0.575 bits per heavy atom. The van der Waals surface area contributed by atoms with Gasteiger partial charge < -0.3 is 48.6 Å². The fourth-order valence-corrected chi connectivity index (χ4v) is 11.3. The van der Waals surface area contributed by atoms with Crippen molar-refractivity contribution < 1.29 is 179 Å². The first-order chi connectivity index (χ1) is 58.3. The molecule has 0 spiro atoms. The molecule has 6 N–H and O–H groups in total. The van der Waals surface area contributed by atoms with Gasteiger partial charge in [0.05, 0.1) is 43.7 Å². The topological polar surface area (TPSA) is 342 Å². The largest absolute Gasteiger partial charge is 0.456 e. The van der Waals surface area contributed by atoms with Gasteiger partial charge in [-0.2, -0.15) is 0 Å². The second-order valence-corrected chi connectivity index (χ2v) is 24.3. The molecule has 0 aromatic carbocycles. The Labute approximate surface area is 751 Å². The van der Waals surface area contributed by atoms with E-state index in [1.165, 1.54) is 24.8 Å². The van der Waals surface area contributed by atoms with Crippen LogP contribution in [0, 0.1) is 303 Å². The molecule has 0 unspecified atom stereocenters. The van der Waals surface area contributed by atoms with Crippen LogP contribution in [-0.4, -0.2) is 150 Å². The Bertz CT molecular complexity index is 5070. The lowest BCUT2D eigenvalue weighted by Gasteiger charge is -2.47. The van der Waals surface area contributed by atoms with Crippen molar-refractivity contribution in [3.05, 3.63) is 36.0 Å². The van der Waals surface area contributed by atoms with Gasteiger partial charge in [0.2, 0.25) is 5.79 Å². The van der Waals surface area contributed by atoms with Gasteiger partial charge >= 0.3 is 5.97 Å². The number of hydrogen-bond acceptors (Lipinski definition) is 27. The standard InChI is InChI=1S/C46H73NO13.C46H2.H3NO13.35H2/c1-10-13-33-21-27(2)20-28(3)22-39(56-8)42-40(57-9)24-30(5)46(54,60-42)43(51)44(52)47-17-12-11-14-34(47)45(53)59-41(31(6)35(49)26-36(33)50)29(4)23-32-15-16-37(58-19-18-48)38(25-32)55-7;1-3-5-7-9-11-13-15-17-19-21-23-25-27-29-31-33-35-37-39-41-43-45-46-44-42-40-38-36-34-32-30-28-26-24-22-20-18-16-14-12-10-8-6-4-2;2-6-10-12-8-4-1-5-9-13-14-11-7-3;;;;;;;;;;;;;;;;;;;;;;;;;;;;;;;;;;;/h10,21,23,28,30-35,37-42,48-49,54H,1,11-20,22,24-26H2,2-9H3;1-2H;1-3H;35*1H/b27-21+,29-23+;;;;;;;;;;;;;;;;;;;;;;;;;;;;;;;;;;;;;/t28-,30+,31+,32-,33+,34-,35-,37+,38+,39-,40-,41+,42+,46+;;;;;;;;;;;;;;;;;;;;;;;;;;;;;;;;;;;;;/m0...................................../s1. The highest BCUT2D eigenvalue weighted by Gasteiger charge is 2.57. The van der Waals surface area contributed by atoms with Crippen LogP contribution in [0.4, 0.5) is 0 Å². The van der Waals surface area contributed by atoms with E-state index in [1.54, 1.807) is 27.0 Å². The third-order valence-electron chi connectivity index (χ3n) is 16.3. The lowest BCUT2D eigenvalue weighted by molar-refractivity contribution is -0.808. The van der Waals surface area contributed by atoms with Gasteiger partial charge in [0.1, 0.15) is 24.0 Å².